The molecule has 0 aliphatic rings. The SMILES string of the molecule is Cc1ccc(Nc2nccnc2-c2cc(F)c(N=O)c(F)c2)cc1C. The van der Waals surface area contributed by atoms with Crippen molar-refractivity contribution in [2.24, 2.45) is 5.18 Å². The fourth-order valence-corrected chi connectivity index (χ4v) is 2.39. The molecule has 1 aromatic heterocycles. The number of hydrogen-bond acceptors (Lipinski definition) is 5. The molecule has 2 aromatic carbocycles. The monoisotopic (exact) mass is 340 g/mol. The molecule has 0 fully saturated rings. The lowest BCUT2D eigenvalue weighted by Gasteiger charge is -2.12. The van der Waals surface area contributed by atoms with E-state index in [2.05, 4.69) is 20.5 Å². The van der Waals surface area contributed by atoms with Gasteiger partial charge in [0.25, 0.3) is 0 Å². The number of nitrogens with zero attached hydrogens (tertiary/aromatic N) is 3. The van der Waals surface area contributed by atoms with Crippen molar-refractivity contribution in [2.45, 2.75) is 13.8 Å². The van der Waals surface area contributed by atoms with Gasteiger partial charge in [0.1, 0.15) is 5.69 Å². The van der Waals surface area contributed by atoms with Crippen molar-refractivity contribution >= 4 is 17.2 Å². The van der Waals surface area contributed by atoms with E-state index in [-0.39, 0.29) is 11.3 Å². The maximum atomic E-state index is 13.9. The third kappa shape index (κ3) is 3.35. The van der Waals surface area contributed by atoms with Gasteiger partial charge in [-0.2, -0.15) is 0 Å². The Labute approximate surface area is 142 Å². The Kier molecular flexibility index (Phi) is 4.47. The number of aryl methyl sites for hydroxylation is 2. The van der Waals surface area contributed by atoms with E-state index < -0.39 is 17.3 Å². The van der Waals surface area contributed by atoms with Crippen molar-refractivity contribution in [3.05, 3.63) is 70.4 Å². The minimum Gasteiger partial charge on any atom is -0.338 e. The molecule has 0 bridgehead atoms. The van der Waals surface area contributed by atoms with Gasteiger partial charge in [0, 0.05) is 23.6 Å². The minimum absolute atomic E-state index is 0.154. The summed E-state index contributed by atoms with van der Waals surface area (Å²) in [5.74, 6) is -1.75. The van der Waals surface area contributed by atoms with Crippen LogP contribution in [0.15, 0.2) is 47.9 Å². The zero-order valence-electron chi connectivity index (χ0n) is 13.5. The van der Waals surface area contributed by atoms with Gasteiger partial charge in [0.05, 0.1) is 0 Å². The third-order valence-electron chi connectivity index (χ3n) is 3.85. The topological polar surface area (TPSA) is 67.2 Å². The van der Waals surface area contributed by atoms with Gasteiger partial charge >= 0.3 is 0 Å². The van der Waals surface area contributed by atoms with E-state index in [0.717, 1.165) is 28.9 Å². The van der Waals surface area contributed by atoms with E-state index in [4.69, 9.17) is 0 Å². The summed E-state index contributed by atoms with van der Waals surface area (Å²) < 4.78 is 27.7. The smallest absolute Gasteiger partial charge is 0.179 e. The van der Waals surface area contributed by atoms with Crippen molar-refractivity contribution in [1.82, 2.24) is 9.97 Å². The molecular weight excluding hydrogens is 326 g/mol. The summed E-state index contributed by atoms with van der Waals surface area (Å²) in [6.45, 7) is 3.98. The number of rotatable bonds is 4. The molecule has 126 valence electrons. The minimum atomic E-state index is -1.05. The molecule has 3 aromatic rings. The van der Waals surface area contributed by atoms with Gasteiger partial charge in [-0.15, -0.1) is 4.91 Å². The first-order valence-corrected chi connectivity index (χ1v) is 7.47. The normalized spacial score (nSPS) is 10.6. The fraction of sp³-hybridized carbons (Fsp3) is 0.111. The van der Waals surface area contributed by atoms with E-state index in [1.165, 1.54) is 12.4 Å². The molecule has 0 saturated carbocycles. The highest BCUT2D eigenvalue weighted by Gasteiger charge is 2.16. The maximum absolute atomic E-state index is 13.9. The van der Waals surface area contributed by atoms with E-state index in [1.54, 1.807) is 0 Å². The van der Waals surface area contributed by atoms with Crippen LogP contribution in [0.1, 0.15) is 11.1 Å². The average molecular weight is 340 g/mol. The summed E-state index contributed by atoms with van der Waals surface area (Å²) >= 11 is 0. The first-order chi connectivity index (χ1) is 12.0. The van der Waals surface area contributed by atoms with Crippen LogP contribution in [-0.4, -0.2) is 9.97 Å². The molecule has 0 spiro atoms. The summed E-state index contributed by atoms with van der Waals surface area (Å²) in [5, 5.41) is 5.46. The second-order valence-electron chi connectivity index (χ2n) is 5.56. The van der Waals surface area contributed by atoms with Crippen LogP contribution >= 0.6 is 0 Å². The van der Waals surface area contributed by atoms with Crippen LogP contribution in [0.25, 0.3) is 11.3 Å². The number of nitroso groups, excluding NO2 is 1. The molecule has 7 heteroatoms. The molecule has 0 aliphatic heterocycles. The highest BCUT2D eigenvalue weighted by Crippen LogP contribution is 2.32. The Bertz CT molecular complexity index is 937. The number of halogens is 2. The summed E-state index contributed by atoms with van der Waals surface area (Å²) in [6, 6.07) is 7.79. The average Bonchev–Trinajstić information content (AvgIpc) is 2.58. The second kappa shape index (κ2) is 6.72. The Balaban J connectivity index is 2.04. The molecule has 0 aliphatic carbocycles. The van der Waals surface area contributed by atoms with Crippen LogP contribution in [0.5, 0.6) is 0 Å². The van der Waals surface area contributed by atoms with E-state index >= 15 is 0 Å². The lowest BCUT2D eigenvalue weighted by molar-refractivity contribution is 0.588. The molecule has 0 unspecified atom stereocenters. The predicted octanol–water partition coefficient (Wildman–Crippen LogP) is 5.18. The Morgan fingerprint density at radius 2 is 1.64 bits per heavy atom. The number of anilines is 2. The molecule has 0 saturated heterocycles. The summed E-state index contributed by atoms with van der Waals surface area (Å²) in [7, 11) is 0. The van der Waals surface area contributed by atoms with Gasteiger partial charge in [-0.05, 0) is 54.4 Å². The van der Waals surface area contributed by atoms with Crippen molar-refractivity contribution in [1.29, 1.82) is 0 Å². The van der Waals surface area contributed by atoms with Crippen LogP contribution in [0.2, 0.25) is 0 Å². The molecule has 3 rings (SSSR count). The van der Waals surface area contributed by atoms with Crippen molar-refractivity contribution in [3.8, 4) is 11.3 Å². The van der Waals surface area contributed by atoms with Crippen LogP contribution in [0.3, 0.4) is 0 Å². The van der Waals surface area contributed by atoms with Crippen LogP contribution in [0.4, 0.5) is 26.0 Å². The summed E-state index contributed by atoms with van der Waals surface area (Å²) in [5.41, 5.74) is 2.58. The van der Waals surface area contributed by atoms with Crippen LogP contribution < -0.4 is 5.32 Å². The van der Waals surface area contributed by atoms with Gasteiger partial charge in [0.15, 0.2) is 23.1 Å². The summed E-state index contributed by atoms with van der Waals surface area (Å²) in [4.78, 5) is 18.8. The molecule has 0 atom stereocenters. The highest BCUT2D eigenvalue weighted by atomic mass is 19.1. The standard InChI is InChI=1S/C18H14F2N4O/c1-10-3-4-13(7-11(10)2)23-18-16(21-5-6-22-18)12-8-14(19)17(24-25)15(20)9-12/h3-9H,1-2H3,(H,22,23). The first-order valence-electron chi connectivity index (χ1n) is 7.47. The van der Waals surface area contributed by atoms with Crippen LogP contribution in [-0.2, 0) is 0 Å². The molecular formula is C18H14F2N4O. The number of hydrogen-bond donors (Lipinski definition) is 1. The molecule has 0 radical (unpaired) electrons. The van der Waals surface area contributed by atoms with E-state index in [1.807, 2.05) is 32.0 Å². The van der Waals surface area contributed by atoms with Crippen molar-refractivity contribution in [3.63, 3.8) is 0 Å². The zero-order chi connectivity index (χ0) is 18.0. The lowest BCUT2D eigenvalue weighted by Crippen LogP contribution is -1.99. The van der Waals surface area contributed by atoms with Crippen molar-refractivity contribution in [2.75, 3.05) is 5.32 Å². The number of aromatic nitrogens is 2. The first kappa shape index (κ1) is 16.6. The Morgan fingerprint density at radius 1 is 0.960 bits per heavy atom. The van der Waals surface area contributed by atoms with Gasteiger partial charge in [-0.1, -0.05) is 6.07 Å². The van der Waals surface area contributed by atoms with Crippen molar-refractivity contribution < 1.29 is 8.78 Å². The van der Waals surface area contributed by atoms with Gasteiger partial charge in [-0.25, -0.2) is 13.8 Å². The zero-order valence-corrected chi connectivity index (χ0v) is 13.5. The third-order valence-corrected chi connectivity index (χ3v) is 3.85. The second-order valence-corrected chi connectivity index (χ2v) is 5.56. The van der Waals surface area contributed by atoms with Gasteiger partial charge in [-0.3, -0.25) is 4.98 Å². The van der Waals surface area contributed by atoms with E-state index in [9.17, 15) is 13.7 Å². The van der Waals surface area contributed by atoms with Crippen LogP contribution in [0, 0.1) is 30.4 Å². The predicted molar refractivity (Wildman–Crippen MR) is 92.0 cm³/mol. The fourth-order valence-electron chi connectivity index (χ4n) is 2.39. The molecule has 1 N–H and O–H groups in total. The maximum Gasteiger partial charge on any atom is 0.179 e. The largest absolute Gasteiger partial charge is 0.338 e. The van der Waals surface area contributed by atoms with Gasteiger partial charge in [0.2, 0.25) is 0 Å². The molecule has 25 heavy (non-hydrogen) atoms. The Morgan fingerprint density at radius 3 is 2.28 bits per heavy atom. The number of nitrogens with one attached hydrogen (secondary N) is 1. The Hall–Kier alpha value is -3.22. The molecule has 1 heterocycles. The summed E-state index contributed by atoms with van der Waals surface area (Å²) in [6.07, 6.45) is 2.89. The van der Waals surface area contributed by atoms with Gasteiger partial charge < -0.3 is 5.32 Å². The quantitative estimate of drug-likeness (QED) is 0.665. The lowest BCUT2D eigenvalue weighted by atomic mass is 10.1. The highest BCUT2D eigenvalue weighted by molar-refractivity contribution is 5.76. The number of benzene rings is 2. The molecule has 0 amide bonds. The molecule has 5 nitrogen and oxygen atoms in total. The van der Waals surface area contributed by atoms with E-state index in [0.29, 0.717) is 5.82 Å².